The first-order valence-electron chi connectivity index (χ1n) is 8.31. The molecule has 23 heavy (non-hydrogen) atoms. The van der Waals surface area contributed by atoms with E-state index in [1.54, 1.807) is 0 Å². The predicted molar refractivity (Wildman–Crippen MR) is 85.7 cm³/mol. The van der Waals surface area contributed by atoms with Gasteiger partial charge in [0.25, 0.3) is 0 Å². The molecule has 3 N–H and O–H groups in total. The van der Waals surface area contributed by atoms with Gasteiger partial charge in [-0.05, 0) is 31.7 Å². The van der Waals surface area contributed by atoms with Crippen molar-refractivity contribution in [3.05, 3.63) is 29.6 Å². The zero-order valence-corrected chi connectivity index (χ0v) is 13.3. The van der Waals surface area contributed by atoms with Gasteiger partial charge in [0.2, 0.25) is 5.91 Å². The smallest absolute Gasteiger partial charge is 0.231 e. The van der Waals surface area contributed by atoms with Crippen LogP contribution in [0, 0.1) is 5.82 Å². The molecule has 2 aliphatic rings. The number of hydrogen-bond donors (Lipinski definition) is 2. The Balaban J connectivity index is 1.61. The number of primary amides is 1. The third-order valence-corrected chi connectivity index (χ3v) is 4.65. The Morgan fingerprint density at radius 3 is 2.87 bits per heavy atom. The Hall–Kier alpha value is -1.66. The number of nitrogens with zero attached hydrogens (tertiary/aromatic N) is 1. The van der Waals surface area contributed by atoms with Crippen LogP contribution in [0.4, 0.5) is 4.39 Å². The molecule has 1 unspecified atom stereocenters. The first kappa shape index (κ1) is 16.2. The van der Waals surface area contributed by atoms with Crippen LogP contribution in [-0.2, 0) is 4.79 Å². The number of amides is 1. The van der Waals surface area contributed by atoms with Crippen LogP contribution in [-0.4, -0.2) is 43.1 Å². The number of hydrogen-bond acceptors (Lipinski definition) is 4. The van der Waals surface area contributed by atoms with Gasteiger partial charge in [-0.25, -0.2) is 4.39 Å². The molecule has 0 bridgehead atoms. The van der Waals surface area contributed by atoms with E-state index in [0.29, 0.717) is 24.9 Å². The quantitative estimate of drug-likeness (QED) is 0.883. The number of ether oxygens (including phenoxy) is 1. The minimum absolute atomic E-state index is 0.195. The Bertz CT molecular complexity index is 559. The maximum absolute atomic E-state index is 13.4. The van der Waals surface area contributed by atoms with E-state index >= 15 is 0 Å². The van der Waals surface area contributed by atoms with Gasteiger partial charge in [0.05, 0.1) is 13.2 Å². The van der Waals surface area contributed by atoms with E-state index in [1.165, 1.54) is 12.1 Å². The topological polar surface area (TPSA) is 67.6 Å². The van der Waals surface area contributed by atoms with Crippen molar-refractivity contribution in [2.75, 3.05) is 26.2 Å². The summed E-state index contributed by atoms with van der Waals surface area (Å²) in [4.78, 5) is 13.1. The van der Waals surface area contributed by atoms with Gasteiger partial charge in [0, 0.05) is 36.8 Å². The first-order valence-corrected chi connectivity index (χ1v) is 8.31. The van der Waals surface area contributed by atoms with Crippen molar-refractivity contribution in [2.24, 2.45) is 5.73 Å². The summed E-state index contributed by atoms with van der Waals surface area (Å²) in [5.41, 5.74) is 6.29. The second kappa shape index (κ2) is 7.27. The second-order valence-corrected chi connectivity index (χ2v) is 6.41. The lowest BCUT2D eigenvalue weighted by molar-refractivity contribution is -0.119. The van der Waals surface area contributed by atoms with Crippen LogP contribution < -0.4 is 15.8 Å². The summed E-state index contributed by atoms with van der Waals surface area (Å²) < 4.78 is 19.1. The van der Waals surface area contributed by atoms with Gasteiger partial charge in [-0.3, -0.25) is 9.69 Å². The third kappa shape index (κ3) is 4.20. The van der Waals surface area contributed by atoms with Crippen LogP contribution in [0.25, 0.3) is 0 Å². The van der Waals surface area contributed by atoms with Crippen LogP contribution in [0.3, 0.4) is 0 Å². The molecule has 1 fully saturated rings. The van der Waals surface area contributed by atoms with E-state index in [9.17, 15) is 9.18 Å². The van der Waals surface area contributed by atoms with Crippen molar-refractivity contribution in [1.29, 1.82) is 0 Å². The summed E-state index contributed by atoms with van der Waals surface area (Å²) in [5.74, 6) is 0.128. The number of fused-ring (bicyclic) bond motifs is 1. The highest BCUT2D eigenvalue weighted by Gasteiger charge is 2.26. The van der Waals surface area contributed by atoms with Crippen LogP contribution in [0.5, 0.6) is 5.75 Å². The minimum atomic E-state index is -0.270. The molecule has 0 saturated carbocycles. The summed E-state index contributed by atoms with van der Waals surface area (Å²) in [5, 5.41) is 3.70. The second-order valence-electron chi connectivity index (χ2n) is 6.41. The highest BCUT2D eigenvalue weighted by atomic mass is 19.1. The normalized spacial score (nSPS) is 22.9. The van der Waals surface area contributed by atoms with E-state index in [1.807, 2.05) is 6.07 Å². The van der Waals surface area contributed by atoms with E-state index in [-0.39, 0.29) is 17.8 Å². The molecule has 0 spiro atoms. The van der Waals surface area contributed by atoms with E-state index in [2.05, 4.69) is 10.2 Å². The molecule has 3 rings (SSSR count). The van der Waals surface area contributed by atoms with Gasteiger partial charge in [-0.1, -0.05) is 6.07 Å². The molecule has 126 valence electrons. The zero-order chi connectivity index (χ0) is 16.2. The molecular weight excluding hydrogens is 297 g/mol. The highest BCUT2D eigenvalue weighted by Crippen LogP contribution is 2.33. The lowest BCUT2D eigenvalue weighted by Gasteiger charge is -2.34. The third-order valence-electron chi connectivity index (χ3n) is 4.65. The van der Waals surface area contributed by atoms with Gasteiger partial charge < -0.3 is 15.8 Å². The molecule has 0 aromatic heterocycles. The van der Waals surface area contributed by atoms with E-state index < -0.39 is 0 Å². The van der Waals surface area contributed by atoms with Crippen LogP contribution >= 0.6 is 0 Å². The standard InChI is InChI=1S/C17H24FN3O2/c18-12-3-4-14-15(2-1-9-23-16(14)10-12)20-13-5-7-21(8-6-13)11-17(19)22/h3-4,10,13,15,20H,1-2,5-9,11H2,(H2,19,22). The maximum Gasteiger partial charge on any atom is 0.231 e. The summed E-state index contributed by atoms with van der Waals surface area (Å²) in [6.45, 7) is 2.72. The van der Waals surface area contributed by atoms with E-state index in [0.717, 1.165) is 44.3 Å². The average Bonchev–Trinajstić information content (AvgIpc) is 2.71. The number of nitrogens with one attached hydrogen (secondary N) is 1. The van der Waals surface area contributed by atoms with Crippen molar-refractivity contribution in [2.45, 2.75) is 37.8 Å². The molecule has 6 heteroatoms. The molecule has 1 atom stereocenters. The lowest BCUT2D eigenvalue weighted by Crippen LogP contribution is -2.46. The Kier molecular flexibility index (Phi) is 5.13. The molecule has 1 aromatic carbocycles. The number of nitrogens with two attached hydrogens (primary N) is 1. The van der Waals surface area contributed by atoms with Gasteiger partial charge in [0.15, 0.2) is 0 Å². The fraction of sp³-hybridized carbons (Fsp3) is 0.588. The largest absolute Gasteiger partial charge is 0.493 e. The maximum atomic E-state index is 13.4. The van der Waals surface area contributed by atoms with Crippen molar-refractivity contribution in [3.8, 4) is 5.75 Å². The van der Waals surface area contributed by atoms with Crippen molar-refractivity contribution in [3.63, 3.8) is 0 Å². The molecule has 1 saturated heterocycles. The summed E-state index contributed by atoms with van der Waals surface area (Å²) in [6.07, 6.45) is 3.91. The van der Waals surface area contributed by atoms with Crippen LogP contribution in [0.2, 0.25) is 0 Å². The molecule has 0 aliphatic carbocycles. The number of carbonyl (C=O) groups excluding carboxylic acids is 1. The van der Waals surface area contributed by atoms with Gasteiger partial charge >= 0.3 is 0 Å². The fourth-order valence-electron chi connectivity index (χ4n) is 3.48. The van der Waals surface area contributed by atoms with Crippen molar-refractivity contribution < 1.29 is 13.9 Å². The van der Waals surface area contributed by atoms with E-state index in [4.69, 9.17) is 10.5 Å². The average molecular weight is 321 g/mol. The fourth-order valence-corrected chi connectivity index (χ4v) is 3.48. The zero-order valence-electron chi connectivity index (χ0n) is 13.3. The number of rotatable bonds is 4. The Morgan fingerprint density at radius 2 is 2.13 bits per heavy atom. The van der Waals surface area contributed by atoms with Crippen molar-refractivity contribution in [1.82, 2.24) is 10.2 Å². The SMILES string of the molecule is NC(=O)CN1CCC(NC2CCCOc3cc(F)ccc32)CC1. The monoisotopic (exact) mass is 321 g/mol. The number of benzene rings is 1. The molecule has 1 aromatic rings. The van der Waals surface area contributed by atoms with Gasteiger partial charge in [-0.15, -0.1) is 0 Å². The predicted octanol–water partition coefficient (Wildman–Crippen LogP) is 1.58. The molecule has 2 aliphatic heterocycles. The van der Waals surface area contributed by atoms with Crippen molar-refractivity contribution >= 4 is 5.91 Å². The Morgan fingerprint density at radius 1 is 1.35 bits per heavy atom. The highest BCUT2D eigenvalue weighted by molar-refractivity contribution is 5.75. The summed E-state index contributed by atoms with van der Waals surface area (Å²) >= 11 is 0. The molecule has 0 radical (unpaired) electrons. The molecule has 5 nitrogen and oxygen atoms in total. The summed E-state index contributed by atoms with van der Waals surface area (Å²) in [7, 11) is 0. The molecule has 1 amide bonds. The lowest BCUT2D eigenvalue weighted by atomic mass is 9.98. The van der Waals surface area contributed by atoms with Gasteiger partial charge in [-0.2, -0.15) is 0 Å². The van der Waals surface area contributed by atoms with Crippen LogP contribution in [0.15, 0.2) is 18.2 Å². The Labute approximate surface area is 136 Å². The number of halogens is 1. The van der Waals surface area contributed by atoms with Crippen LogP contribution in [0.1, 0.15) is 37.3 Å². The number of piperidine rings is 1. The first-order chi connectivity index (χ1) is 11.1. The number of likely N-dealkylation sites (tertiary alicyclic amines) is 1. The number of carbonyl (C=O) groups is 1. The molecular formula is C17H24FN3O2. The molecule has 2 heterocycles. The summed E-state index contributed by atoms with van der Waals surface area (Å²) in [6, 6.07) is 5.40. The minimum Gasteiger partial charge on any atom is -0.493 e. The van der Waals surface area contributed by atoms with Gasteiger partial charge in [0.1, 0.15) is 11.6 Å².